The van der Waals surface area contributed by atoms with Gasteiger partial charge < -0.3 is 4.74 Å². The summed E-state index contributed by atoms with van der Waals surface area (Å²) < 4.78 is 5.84. The Morgan fingerprint density at radius 2 is 1.65 bits per heavy atom. The van der Waals surface area contributed by atoms with Crippen LogP contribution in [0.4, 0.5) is 5.69 Å². The molecule has 0 amide bonds. The molecule has 3 aromatic carbocycles. The number of ether oxygens (including phenoxy) is 1. The Bertz CT molecular complexity index is 776. The fourth-order valence-electron chi connectivity index (χ4n) is 2.21. The summed E-state index contributed by atoms with van der Waals surface area (Å²) in [5.41, 5.74) is 4.37. The molecule has 3 aromatic rings. The van der Waals surface area contributed by atoms with Crippen molar-refractivity contribution >= 4 is 11.9 Å². The second-order valence-corrected chi connectivity index (χ2v) is 5.44. The topological polar surface area (TPSA) is 21.6 Å². The van der Waals surface area contributed by atoms with E-state index in [0.29, 0.717) is 6.61 Å². The zero-order chi connectivity index (χ0) is 15.9. The van der Waals surface area contributed by atoms with Crippen molar-refractivity contribution in [2.45, 2.75) is 13.5 Å². The normalized spacial score (nSPS) is 10.8. The molecule has 3 rings (SSSR count). The van der Waals surface area contributed by atoms with Crippen molar-refractivity contribution in [3.8, 4) is 5.75 Å². The summed E-state index contributed by atoms with van der Waals surface area (Å²) in [4.78, 5) is 4.50. The maximum Gasteiger partial charge on any atom is 0.120 e. The minimum absolute atomic E-state index is 0.569. The van der Waals surface area contributed by atoms with Crippen molar-refractivity contribution in [1.29, 1.82) is 0 Å². The molecule has 0 aliphatic heterocycles. The average molecular weight is 301 g/mol. The number of aliphatic imine (C=N–C) groups is 1. The average Bonchev–Trinajstić information content (AvgIpc) is 2.61. The molecule has 2 nitrogen and oxygen atoms in total. The summed E-state index contributed by atoms with van der Waals surface area (Å²) in [5, 5.41) is 0. The molecule has 0 N–H and O–H groups in total. The van der Waals surface area contributed by atoms with Gasteiger partial charge in [0.25, 0.3) is 0 Å². The van der Waals surface area contributed by atoms with Gasteiger partial charge >= 0.3 is 0 Å². The molecule has 0 saturated heterocycles. The van der Waals surface area contributed by atoms with Crippen molar-refractivity contribution in [2.24, 2.45) is 4.99 Å². The predicted octanol–water partition coefficient (Wildman–Crippen LogP) is 5.32. The van der Waals surface area contributed by atoms with Crippen molar-refractivity contribution < 1.29 is 4.74 Å². The van der Waals surface area contributed by atoms with Crippen LogP contribution in [0.5, 0.6) is 5.75 Å². The first kappa shape index (κ1) is 15.0. The monoisotopic (exact) mass is 301 g/mol. The molecule has 23 heavy (non-hydrogen) atoms. The van der Waals surface area contributed by atoms with Gasteiger partial charge in [-0.2, -0.15) is 0 Å². The summed E-state index contributed by atoms with van der Waals surface area (Å²) in [6.07, 6.45) is 1.86. The lowest BCUT2D eigenvalue weighted by Crippen LogP contribution is -1.95. The Hall–Kier alpha value is -2.87. The third-order valence-electron chi connectivity index (χ3n) is 3.50. The van der Waals surface area contributed by atoms with Crippen LogP contribution in [0.2, 0.25) is 0 Å². The Morgan fingerprint density at radius 1 is 0.870 bits per heavy atom. The van der Waals surface area contributed by atoms with Crippen molar-refractivity contribution in [3.63, 3.8) is 0 Å². The zero-order valence-corrected chi connectivity index (χ0v) is 13.1. The minimum Gasteiger partial charge on any atom is -0.489 e. The number of hydrogen-bond donors (Lipinski definition) is 0. The van der Waals surface area contributed by atoms with Crippen LogP contribution in [0.1, 0.15) is 16.7 Å². The summed E-state index contributed by atoms with van der Waals surface area (Å²) in [7, 11) is 0. The maximum absolute atomic E-state index is 5.84. The molecule has 2 heteroatoms. The van der Waals surface area contributed by atoms with Crippen LogP contribution in [0.15, 0.2) is 83.9 Å². The summed E-state index contributed by atoms with van der Waals surface area (Å²) >= 11 is 0. The predicted molar refractivity (Wildman–Crippen MR) is 95.6 cm³/mol. The number of nitrogens with zero attached hydrogens (tertiary/aromatic N) is 1. The SMILES string of the molecule is Cc1ccc(N=Cc2cccc(OCc3ccccc3)c2)cc1. The van der Waals surface area contributed by atoms with E-state index in [0.717, 1.165) is 22.6 Å². The molecule has 0 unspecified atom stereocenters. The van der Waals surface area contributed by atoms with E-state index in [2.05, 4.69) is 36.2 Å². The molecule has 0 aliphatic carbocycles. The van der Waals surface area contributed by atoms with E-state index in [1.807, 2.05) is 60.8 Å². The first-order valence-corrected chi connectivity index (χ1v) is 7.67. The van der Waals surface area contributed by atoms with Gasteiger partial charge in [0.2, 0.25) is 0 Å². The van der Waals surface area contributed by atoms with Gasteiger partial charge in [-0.25, -0.2) is 0 Å². The number of hydrogen-bond acceptors (Lipinski definition) is 2. The fourth-order valence-corrected chi connectivity index (χ4v) is 2.21. The lowest BCUT2D eigenvalue weighted by molar-refractivity contribution is 0.306. The molecule has 114 valence electrons. The number of aryl methyl sites for hydroxylation is 1. The zero-order valence-electron chi connectivity index (χ0n) is 13.1. The molecule has 0 fully saturated rings. The number of benzene rings is 3. The molecule has 0 heterocycles. The van der Waals surface area contributed by atoms with Crippen LogP contribution in [0.25, 0.3) is 0 Å². The molecular weight excluding hydrogens is 282 g/mol. The summed E-state index contributed by atoms with van der Waals surface area (Å²) in [6.45, 7) is 2.64. The summed E-state index contributed by atoms with van der Waals surface area (Å²) in [6, 6.07) is 26.3. The summed E-state index contributed by atoms with van der Waals surface area (Å²) in [5.74, 6) is 0.849. The highest BCUT2D eigenvalue weighted by molar-refractivity contribution is 5.82. The Morgan fingerprint density at radius 3 is 2.43 bits per heavy atom. The van der Waals surface area contributed by atoms with Crippen molar-refractivity contribution in [1.82, 2.24) is 0 Å². The third kappa shape index (κ3) is 4.55. The second kappa shape index (κ2) is 7.41. The first-order chi connectivity index (χ1) is 11.3. The van der Waals surface area contributed by atoms with Crippen LogP contribution < -0.4 is 4.74 Å². The van der Waals surface area contributed by atoms with Crippen LogP contribution in [0, 0.1) is 6.92 Å². The van der Waals surface area contributed by atoms with E-state index in [4.69, 9.17) is 4.74 Å². The Labute approximate surface area is 137 Å². The largest absolute Gasteiger partial charge is 0.489 e. The standard InChI is InChI=1S/C21H19NO/c1-17-10-12-20(13-11-17)22-15-19-8-5-9-21(14-19)23-16-18-6-3-2-4-7-18/h2-15H,16H2,1H3. The molecular formula is C21H19NO. The maximum atomic E-state index is 5.84. The van der Waals surface area contributed by atoms with Gasteiger partial charge in [-0.05, 0) is 42.3 Å². The van der Waals surface area contributed by atoms with Crippen LogP contribution in [0.3, 0.4) is 0 Å². The lowest BCUT2D eigenvalue weighted by Gasteiger charge is -2.06. The number of rotatable bonds is 5. The van der Waals surface area contributed by atoms with Gasteiger partial charge in [0, 0.05) is 6.21 Å². The van der Waals surface area contributed by atoms with Crippen LogP contribution >= 0.6 is 0 Å². The van der Waals surface area contributed by atoms with Crippen molar-refractivity contribution in [3.05, 3.63) is 95.6 Å². The molecule has 0 aromatic heterocycles. The fraction of sp³-hybridized carbons (Fsp3) is 0.0952. The van der Waals surface area contributed by atoms with Gasteiger partial charge in [-0.1, -0.05) is 60.2 Å². The van der Waals surface area contributed by atoms with E-state index in [-0.39, 0.29) is 0 Å². The Kier molecular flexibility index (Phi) is 4.85. The second-order valence-electron chi connectivity index (χ2n) is 5.44. The van der Waals surface area contributed by atoms with E-state index < -0.39 is 0 Å². The molecule has 0 bridgehead atoms. The molecule has 0 saturated carbocycles. The highest BCUT2D eigenvalue weighted by atomic mass is 16.5. The molecule has 0 aliphatic rings. The third-order valence-corrected chi connectivity index (χ3v) is 3.50. The van der Waals surface area contributed by atoms with Gasteiger partial charge in [-0.3, -0.25) is 4.99 Å². The van der Waals surface area contributed by atoms with E-state index >= 15 is 0 Å². The lowest BCUT2D eigenvalue weighted by atomic mass is 10.2. The first-order valence-electron chi connectivity index (χ1n) is 7.67. The van der Waals surface area contributed by atoms with E-state index in [1.54, 1.807) is 0 Å². The van der Waals surface area contributed by atoms with Gasteiger partial charge in [0.1, 0.15) is 12.4 Å². The van der Waals surface area contributed by atoms with Gasteiger partial charge in [-0.15, -0.1) is 0 Å². The van der Waals surface area contributed by atoms with E-state index in [1.165, 1.54) is 5.56 Å². The molecule has 0 spiro atoms. The van der Waals surface area contributed by atoms with Gasteiger partial charge in [0.15, 0.2) is 0 Å². The smallest absolute Gasteiger partial charge is 0.120 e. The minimum atomic E-state index is 0.569. The van der Waals surface area contributed by atoms with Crippen LogP contribution in [-0.4, -0.2) is 6.21 Å². The molecule has 0 atom stereocenters. The van der Waals surface area contributed by atoms with E-state index in [9.17, 15) is 0 Å². The van der Waals surface area contributed by atoms with Crippen LogP contribution in [-0.2, 0) is 6.61 Å². The van der Waals surface area contributed by atoms with Gasteiger partial charge in [0.05, 0.1) is 5.69 Å². The highest BCUT2D eigenvalue weighted by Crippen LogP contribution is 2.16. The molecule has 0 radical (unpaired) electrons. The highest BCUT2D eigenvalue weighted by Gasteiger charge is 1.97. The Balaban J connectivity index is 1.66. The quantitative estimate of drug-likeness (QED) is 0.584. The van der Waals surface area contributed by atoms with Crippen molar-refractivity contribution in [2.75, 3.05) is 0 Å².